The zero-order valence-electron chi connectivity index (χ0n) is 16.1. The Labute approximate surface area is 170 Å². The molecule has 3 N–H and O–H groups in total. The highest BCUT2D eigenvalue weighted by molar-refractivity contribution is 7.07. The molecule has 150 valence electrons. The largest absolute Gasteiger partial charge is 0.399 e. The highest BCUT2D eigenvalue weighted by atomic mass is 32.1. The lowest BCUT2D eigenvalue weighted by Gasteiger charge is -2.11. The summed E-state index contributed by atoms with van der Waals surface area (Å²) in [6.07, 6.45) is 1.81. The van der Waals surface area contributed by atoms with Crippen LogP contribution >= 0.6 is 11.3 Å². The van der Waals surface area contributed by atoms with Crippen molar-refractivity contribution in [3.63, 3.8) is 0 Å². The lowest BCUT2D eigenvalue weighted by atomic mass is 10.1. The number of H-pyrrole nitrogens is 1. The number of nitrogens with one attached hydrogen (secondary N) is 1. The van der Waals surface area contributed by atoms with E-state index in [1.807, 2.05) is 36.6 Å². The number of imidazole rings is 1. The highest BCUT2D eigenvalue weighted by Gasteiger charge is 2.17. The van der Waals surface area contributed by atoms with Gasteiger partial charge in [0.05, 0.1) is 11.2 Å². The van der Waals surface area contributed by atoms with Gasteiger partial charge in [-0.2, -0.15) is 0 Å². The molecule has 0 bridgehead atoms. The molecule has 0 atom stereocenters. The second-order valence-corrected chi connectivity index (χ2v) is 7.64. The van der Waals surface area contributed by atoms with E-state index in [-0.39, 0.29) is 11.2 Å². The van der Waals surface area contributed by atoms with Gasteiger partial charge in [-0.05, 0) is 30.5 Å². The predicted octanol–water partition coefficient (Wildman–Crippen LogP) is 2.17. The van der Waals surface area contributed by atoms with Crippen molar-refractivity contribution in [2.24, 2.45) is 0 Å². The Morgan fingerprint density at radius 2 is 1.93 bits per heavy atom. The van der Waals surface area contributed by atoms with Gasteiger partial charge in [0.2, 0.25) is 0 Å². The number of aryl methyl sites for hydroxylation is 2. The number of nitrogens with zero attached hydrogens (tertiary/aromatic N) is 4. The molecule has 0 saturated carbocycles. The van der Waals surface area contributed by atoms with Gasteiger partial charge in [0, 0.05) is 30.6 Å². The van der Waals surface area contributed by atoms with E-state index in [2.05, 4.69) is 15.0 Å². The number of aromatic amines is 1. The highest BCUT2D eigenvalue weighted by Crippen LogP contribution is 2.12. The molecule has 0 fully saturated rings. The van der Waals surface area contributed by atoms with Gasteiger partial charge in [-0.1, -0.05) is 19.1 Å². The van der Waals surface area contributed by atoms with Gasteiger partial charge in [-0.25, -0.2) is 14.8 Å². The SMILES string of the molecule is CCCn1c(=O)c2[nH]c(Cc3cscn3)nc2n(CCc2ccc(N)cc2)c1=O. The fraction of sp³-hybridized carbons (Fsp3) is 0.300. The van der Waals surface area contributed by atoms with Crippen LogP contribution in [0.25, 0.3) is 11.2 Å². The van der Waals surface area contributed by atoms with E-state index in [4.69, 9.17) is 5.73 Å². The minimum absolute atomic E-state index is 0.326. The van der Waals surface area contributed by atoms with Crippen LogP contribution in [0.4, 0.5) is 5.69 Å². The number of aromatic nitrogens is 5. The summed E-state index contributed by atoms with van der Waals surface area (Å²) >= 11 is 1.51. The van der Waals surface area contributed by atoms with Crippen LogP contribution in [-0.4, -0.2) is 24.1 Å². The average Bonchev–Trinajstić information content (AvgIpc) is 3.37. The lowest BCUT2D eigenvalue weighted by Crippen LogP contribution is -2.40. The van der Waals surface area contributed by atoms with Crippen LogP contribution in [0.3, 0.4) is 0 Å². The molecule has 0 aliphatic heterocycles. The molecular weight excluding hydrogens is 388 g/mol. The molecule has 0 amide bonds. The first kappa shape index (κ1) is 19.1. The molecule has 4 rings (SSSR count). The number of anilines is 1. The van der Waals surface area contributed by atoms with E-state index in [1.165, 1.54) is 15.9 Å². The number of nitrogen functional groups attached to an aromatic ring is 1. The standard InChI is InChI=1S/C20H22N6O2S/c1-2-8-26-19(27)17-18(24-16(23-17)10-15-11-29-12-22-15)25(20(26)28)9-7-13-3-5-14(21)6-4-13/h3-6,11-12H,2,7-10,21H2,1H3,(H,23,24). The summed E-state index contributed by atoms with van der Waals surface area (Å²) in [6, 6.07) is 7.56. The van der Waals surface area contributed by atoms with Crippen molar-refractivity contribution in [2.45, 2.75) is 39.3 Å². The van der Waals surface area contributed by atoms with E-state index >= 15 is 0 Å². The molecule has 0 unspecified atom stereocenters. The maximum absolute atomic E-state index is 13.0. The van der Waals surface area contributed by atoms with Crippen LogP contribution in [-0.2, 0) is 25.9 Å². The molecule has 9 heteroatoms. The van der Waals surface area contributed by atoms with E-state index in [0.29, 0.717) is 55.0 Å². The van der Waals surface area contributed by atoms with Crippen molar-refractivity contribution in [1.29, 1.82) is 0 Å². The summed E-state index contributed by atoms with van der Waals surface area (Å²) in [7, 11) is 0. The Kier molecular flexibility index (Phi) is 5.30. The fourth-order valence-corrected chi connectivity index (χ4v) is 3.90. The molecule has 29 heavy (non-hydrogen) atoms. The Morgan fingerprint density at radius 3 is 2.62 bits per heavy atom. The molecule has 0 radical (unpaired) electrons. The summed E-state index contributed by atoms with van der Waals surface area (Å²) in [5.74, 6) is 0.623. The number of benzene rings is 1. The van der Waals surface area contributed by atoms with Crippen molar-refractivity contribution < 1.29 is 0 Å². The van der Waals surface area contributed by atoms with Gasteiger partial charge >= 0.3 is 5.69 Å². The number of nitrogens with two attached hydrogens (primary N) is 1. The first-order valence-electron chi connectivity index (χ1n) is 9.50. The van der Waals surface area contributed by atoms with Crippen LogP contribution in [0.15, 0.2) is 44.7 Å². The first-order chi connectivity index (χ1) is 14.1. The quantitative estimate of drug-likeness (QED) is 0.454. The van der Waals surface area contributed by atoms with E-state index in [0.717, 1.165) is 11.3 Å². The molecule has 0 aliphatic rings. The topological polar surface area (TPSA) is 112 Å². The fourth-order valence-electron chi connectivity index (χ4n) is 3.34. The average molecular weight is 411 g/mol. The number of fused-ring (bicyclic) bond motifs is 1. The number of hydrogen-bond donors (Lipinski definition) is 2. The molecule has 3 heterocycles. The molecular formula is C20H22N6O2S. The van der Waals surface area contributed by atoms with Crippen LogP contribution in [0.5, 0.6) is 0 Å². The molecule has 3 aromatic heterocycles. The smallest absolute Gasteiger partial charge is 0.332 e. The maximum atomic E-state index is 13.0. The van der Waals surface area contributed by atoms with E-state index < -0.39 is 0 Å². The monoisotopic (exact) mass is 410 g/mol. The Morgan fingerprint density at radius 1 is 1.14 bits per heavy atom. The third-order valence-electron chi connectivity index (χ3n) is 4.79. The van der Waals surface area contributed by atoms with Crippen molar-refractivity contribution in [2.75, 3.05) is 5.73 Å². The second kappa shape index (κ2) is 8.04. The molecule has 4 aromatic rings. The van der Waals surface area contributed by atoms with Gasteiger partial charge in [-0.15, -0.1) is 11.3 Å². The minimum Gasteiger partial charge on any atom is -0.399 e. The summed E-state index contributed by atoms with van der Waals surface area (Å²) in [5.41, 5.74) is 10.2. The summed E-state index contributed by atoms with van der Waals surface area (Å²) in [6.45, 7) is 2.73. The number of hydrogen-bond acceptors (Lipinski definition) is 6. The van der Waals surface area contributed by atoms with Crippen LogP contribution in [0.1, 0.15) is 30.4 Å². The molecule has 0 aliphatic carbocycles. The normalized spacial score (nSPS) is 11.3. The van der Waals surface area contributed by atoms with E-state index in [1.54, 1.807) is 10.1 Å². The summed E-state index contributed by atoms with van der Waals surface area (Å²) < 4.78 is 2.87. The van der Waals surface area contributed by atoms with Crippen LogP contribution in [0.2, 0.25) is 0 Å². The molecule has 0 saturated heterocycles. The predicted molar refractivity (Wildman–Crippen MR) is 114 cm³/mol. The molecule has 0 spiro atoms. The van der Waals surface area contributed by atoms with Gasteiger partial charge in [0.1, 0.15) is 11.3 Å². The Bertz CT molecular complexity index is 1240. The third-order valence-corrected chi connectivity index (χ3v) is 5.43. The zero-order chi connectivity index (χ0) is 20.4. The maximum Gasteiger partial charge on any atom is 0.332 e. The van der Waals surface area contributed by atoms with Crippen molar-refractivity contribution in [3.8, 4) is 0 Å². The summed E-state index contributed by atoms with van der Waals surface area (Å²) in [4.78, 5) is 37.9. The van der Waals surface area contributed by atoms with Gasteiger partial charge in [0.15, 0.2) is 5.65 Å². The van der Waals surface area contributed by atoms with Crippen LogP contribution < -0.4 is 17.0 Å². The van der Waals surface area contributed by atoms with Gasteiger partial charge < -0.3 is 10.7 Å². The van der Waals surface area contributed by atoms with Crippen molar-refractivity contribution in [1.82, 2.24) is 24.1 Å². The first-order valence-corrected chi connectivity index (χ1v) is 10.4. The zero-order valence-corrected chi connectivity index (χ0v) is 16.9. The van der Waals surface area contributed by atoms with Crippen molar-refractivity contribution >= 4 is 28.2 Å². The summed E-state index contributed by atoms with van der Waals surface area (Å²) in [5, 5.41) is 1.94. The Hall–Kier alpha value is -3.20. The Balaban J connectivity index is 1.77. The number of thiazole rings is 1. The van der Waals surface area contributed by atoms with E-state index in [9.17, 15) is 9.59 Å². The minimum atomic E-state index is -0.327. The van der Waals surface area contributed by atoms with Crippen LogP contribution in [0, 0.1) is 0 Å². The van der Waals surface area contributed by atoms with Gasteiger partial charge in [0.25, 0.3) is 5.56 Å². The number of rotatable bonds is 7. The van der Waals surface area contributed by atoms with Crippen molar-refractivity contribution in [3.05, 3.63) is 73.1 Å². The second-order valence-electron chi connectivity index (χ2n) is 6.92. The molecule has 1 aromatic carbocycles. The lowest BCUT2D eigenvalue weighted by molar-refractivity contribution is 0.559. The third kappa shape index (κ3) is 3.86. The molecule has 8 nitrogen and oxygen atoms in total. The van der Waals surface area contributed by atoms with Gasteiger partial charge in [-0.3, -0.25) is 13.9 Å².